The van der Waals surface area contributed by atoms with Crippen LogP contribution in [0, 0.1) is 0 Å². The quantitative estimate of drug-likeness (QED) is 0.925. The van der Waals surface area contributed by atoms with E-state index in [9.17, 15) is 0 Å². The molecule has 0 aliphatic rings. The summed E-state index contributed by atoms with van der Waals surface area (Å²) in [5, 5.41) is 11.6. The highest BCUT2D eigenvalue weighted by molar-refractivity contribution is 5.47. The van der Waals surface area contributed by atoms with Gasteiger partial charge in [0.1, 0.15) is 11.5 Å². The molecule has 0 aliphatic carbocycles. The fourth-order valence-electron chi connectivity index (χ4n) is 1.66. The van der Waals surface area contributed by atoms with Crippen molar-refractivity contribution in [2.75, 3.05) is 24.3 Å². The molecule has 0 radical (unpaired) electrons. The number of hydrogen-bond donors (Lipinski definition) is 1. The molecule has 0 bridgehead atoms. The second kappa shape index (κ2) is 5.48. The summed E-state index contributed by atoms with van der Waals surface area (Å²) in [6, 6.07) is 3.99. The summed E-state index contributed by atoms with van der Waals surface area (Å²) in [4.78, 5) is 6.33. The second-order valence-corrected chi connectivity index (χ2v) is 5.98. The van der Waals surface area contributed by atoms with Crippen molar-refractivity contribution in [3.05, 3.63) is 30.2 Å². The maximum atomic E-state index is 4.36. The van der Waals surface area contributed by atoms with Gasteiger partial charge in [-0.25, -0.2) is 9.67 Å². The lowest BCUT2D eigenvalue weighted by molar-refractivity contribution is 0.347. The molecule has 0 saturated heterocycles. The molecule has 6 nitrogen and oxygen atoms in total. The Morgan fingerprint density at radius 2 is 2.00 bits per heavy atom. The van der Waals surface area contributed by atoms with Crippen LogP contribution in [0.1, 0.15) is 26.5 Å². The van der Waals surface area contributed by atoms with Crippen LogP contribution < -0.4 is 10.2 Å². The number of nitrogens with one attached hydrogen (secondary N) is 1. The molecule has 2 rings (SSSR count). The molecule has 0 spiro atoms. The summed E-state index contributed by atoms with van der Waals surface area (Å²) in [7, 11) is 3.94. The molecule has 6 heteroatoms. The van der Waals surface area contributed by atoms with E-state index in [4.69, 9.17) is 0 Å². The Morgan fingerprint density at radius 1 is 1.25 bits per heavy atom. The molecule has 20 heavy (non-hydrogen) atoms. The summed E-state index contributed by atoms with van der Waals surface area (Å²) in [5.41, 5.74) is 1.85. The van der Waals surface area contributed by atoms with Gasteiger partial charge in [-0.2, -0.15) is 0 Å². The van der Waals surface area contributed by atoms with Crippen LogP contribution in [0.25, 0.3) is 0 Å². The molecule has 0 unspecified atom stereocenters. The highest BCUT2D eigenvalue weighted by Crippen LogP contribution is 2.14. The minimum atomic E-state index is -0.0415. The monoisotopic (exact) mass is 274 g/mol. The molecule has 2 aromatic heterocycles. The first-order chi connectivity index (χ1) is 9.36. The van der Waals surface area contributed by atoms with Gasteiger partial charge in [-0.1, -0.05) is 5.21 Å². The zero-order valence-electron chi connectivity index (χ0n) is 12.8. The van der Waals surface area contributed by atoms with Crippen LogP contribution in [-0.2, 0) is 12.1 Å². The Labute approximate surface area is 119 Å². The van der Waals surface area contributed by atoms with E-state index in [1.165, 1.54) is 0 Å². The van der Waals surface area contributed by atoms with Gasteiger partial charge in [-0.3, -0.25) is 0 Å². The average molecular weight is 274 g/mol. The Bertz CT molecular complexity index is 550. The predicted octanol–water partition coefficient (Wildman–Crippen LogP) is 2.11. The maximum Gasteiger partial charge on any atom is 0.128 e. The van der Waals surface area contributed by atoms with Crippen LogP contribution in [0.15, 0.2) is 24.5 Å². The van der Waals surface area contributed by atoms with E-state index in [1.807, 2.05) is 48.2 Å². The molecule has 0 fully saturated rings. The summed E-state index contributed by atoms with van der Waals surface area (Å²) >= 11 is 0. The Balaban J connectivity index is 1.96. The van der Waals surface area contributed by atoms with Crippen molar-refractivity contribution in [2.24, 2.45) is 0 Å². The Hall–Kier alpha value is -2.11. The van der Waals surface area contributed by atoms with Gasteiger partial charge in [0.25, 0.3) is 0 Å². The van der Waals surface area contributed by atoms with Crippen molar-refractivity contribution in [3.63, 3.8) is 0 Å². The van der Waals surface area contributed by atoms with Gasteiger partial charge in [0.05, 0.1) is 30.2 Å². The van der Waals surface area contributed by atoms with Crippen LogP contribution in [0.3, 0.4) is 0 Å². The molecule has 0 aliphatic heterocycles. The Morgan fingerprint density at radius 3 is 2.50 bits per heavy atom. The fraction of sp³-hybridized carbons (Fsp3) is 0.500. The molecule has 0 saturated carbocycles. The predicted molar refractivity (Wildman–Crippen MR) is 80.9 cm³/mol. The fourth-order valence-corrected chi connectivity index (χ4v) is 1.66. The van der Waals surface area contributed by atoms with Crippen LogP contribution in [0.2, 0.25) is 0 Å². The van der Waals surface area contributed by atoms with Gasteiger partial charge in [-0.05, 0) is 32.9 Å². The van der Waals surface area contributed by atoms with Gasteiger partial charge < -0.3 is 10.2 Å². The van der Waals surface area contributed by atoms with Crippen LogP contribution in [-0.4, -0.2) is 34.1 Å². The number of hydrogen-bond acceptors (Lipinski definition) is 5. The third-order valence-electron chi connectivity index (χ3n) is 2.91. The topological polar surface area (TPSA) is 58.9 Å². The third kappa shape index (κ3) is 3.46. The van der Waals surface area contributed by atoms with E-state index >= 15 is 0 Å². The first kappa shape index (κ1) is 14.3. The highest BCUT2D eigenvalue weighted by Gasteiger charge is 2.14. The van der Waals surface area contributed by atoms with E-state index in [0.717, 1.165) is 17.2 Å². The normalized spacial score (nSPS) is 11.4. The molecular formula is C14H22N6. The number of nitrogens with zero attached hydrogens (tertiary/aromatic N) is 5. The van der Waals surface area contributed by atoms with Gasteiger partial charge >= 0.3 is 0 Å². The minimum Gasteiger partial charge on any atom is -0.378 e. The first-order valence-corrected chi connectivity index (χ1v) is 6.65. The third-order valence-corrected chi connectivity index (χ3v) is 2.91. The summed E-state index contributed by atoms with van der Waals surface area (Å²) in [6.07, 6.45) is 3.79. The van der Waals surface area contributed by atoms with E-state index in [1.54, 1.807) is 0 Å². The number of aromatic nitrogens is 4. The lowest BCUT2D eigenvalue weighted by atomic mass is 10.1. The van der Waals surface area contributed by atoms with Gasteiger partial charge in [0, 0.05) is 14.1 Å². The van der Waals surface area contributed by atoms with Crippen molar-refractivity contribution >= 4 is 11.5 Å². The van der Waals surface area contributed by atoms with Crippen LogP contribution >= 0.6 is 0 Å². The summed E-state index contributed by atoms with van der Waals surface area (Å²) in [5.74, 6) is 0.939. The van der Waals surface area contributed by atoms with Gasteiger partial charge in [-0.15, -0.1) is 5.10 Å². The highest BCUT2D eigenvalue weighted by atomic mass is 15.4. The minimum absolute atomic E-state index is 0.0415. The molecular weight excluding hydrogens is 252 g/mol. The number of pyridine rings is 1. The van der Waals surface area contributed by atoms with Crippen molar-refractivity contribution in [3.8, 4) is 0 Å². The van der Waals surface area contributed by atoms with E-state index in [2.05, 4.69) is 41.4 Å². The average Bonchev–Trinajstić information content (AvgIpc) is 2.85. The molecule has 0 atom stereocenters. The molecule has 108 valence electrons. The lowest BCUT2D eigenvalue weighted by Crippen LogP contribution is -2.22. The van der Waals surface area contributed by atoms with Crippen LogP contribution in [0.4, 0.5) is 11.5 Å². The molecule has 0 amide bonds. The van der Waals surface area contributed by atoms with E-state index in [-0.39, 0.29) is 5.54 Å². The summed E-state index contributed by atoms with van der Waals surface area (Å²) < 4.78 is 1.87. The zero-order chi connectivity index (χ0) is 14.8. The van der Waals surface area contributed by atoms with Gasteiger partial charge in [0.15, 0.2) is 0 Å². The van der Waals surface area contributed by atoms with Crippen molar-refractivity contribution in [1.82, 2.24) is 20.0 Å². The smallest absolute Gasteiger partial charge is 0.128 e. The molecule has 2 heterocycles. The Kier molecular flexibility index (Phi) is 3.92. The van der Waals surface area contributed by atoms with E-state index < -0.39 is 0 Å². The van der Waals surface area contributed by atoms with E-state index in [0.29, 0.717) is 6.54 Å². The standard InChI is InChI=1S/C14H22N6/c1-14(2,3)20-10-12(17-18-20)9-15-11-6-7-13(16-8-11)19(4)5/h6-8,10,15H,9H2,1-5H3. The lowest BCUT2D eigenvalue weighted by Gasteiger charge is -2.17. The first-order valence-electron chi connectivity index (χ1n) is 6.65. The number of rotatable bonds is 4. The summed E-state index contributed by atoms with van der Waals surface area (Å²) in [6.45, 7) is 6.94. The van der Waals surface area contributed by atoms with Crippen molar-refractivity contribution in [1.29, 1.82) is 0 Å². The molecule has 2 aromatic rings. The van der Waals surface area contributed by atoms with Crippen molar-refractivity contribution in [2.45, 2.75) is 32.9 Å². The molecule has 0 aromatic carbocycles. The number of anilines is 2. The molecule has 1 N–H and O–H groups in total. The largest absolute Gasteiger partial charge is 0.378 e. The van der Waals surface area contributed by atoms with Gasteiger partial charge in [0.2, 0.25) is 0 Å². The van der Waals surface area contributed by atoms with Crippen molar-refractivity contribution < 1.29 is 0 Å². The second-order valence-electron chi connectivity index (χ2n) is 5.98. The maximum absolute atomic E-state index is 4.36. The zero-order valence-corrected chi connectivity index (χ0v) is 12.8. The SMILES string of the molecule is CN(C)c1ccc(NCc2cn(C(C)(C)C)nn2)cn1. The van der Waals surface area contributed by atoms with Crippen LogP contribution in [0.5, 0.6) is 0 Å².